The highest BCUT2D eigenvalue weighted by Gasteiger charge is 2.05. The smallest absolute Gasteiger partial charge is 0.0230 e. The molecule has 0 aromatic heterocycles. The topological polar surface area (TPSA) is 15.3 Å². The van der Waals surface area contributed by atoms with Crippen LogP contribution in [-0.4, -0.2) is 31.6 Å². The van der Waals surface area contributed by atoms with Crippen molar-refractivity contribution in [2.75, 3.05) is 26.7 Å². The summed E-state index contributed by atoms with van der Waals surface area (Å²) in [6.07, 6.45) is 3.60. The van der Waals surface area contributed by atoms with Gasteiger partial charge in [-0.2, -0.15) is 0 Å². The van der Waals surface area contributed by atoms with E-state index >= 15 is 0 Å². The van der Waals surface area contributed by atoms with Crippen molar-refractivity contribution in [3.8, 4) is 0 Å². The van der Waals surface area contributed by atoms with E-state index in [4.69, 9.17) is 0 Å². The monoisotopic (exact) mass is 276 g/mol. The van der Waals surface area contributed by atoms with E-state index in [2.05, 4.69) is 62.3 Å². The molecule has 0 amide bonds. The van der Waals surface area contributed by atoms with Gasteiger partial charge in [0.1, 0.15) is 0 Å². The van der Waals surface area contributed by atoms with E-state index in [0.717, 1.165) is 32.0 Å². The molecule has 0 aliphatic rings. The molecule has 0 saturated heterocycles. The maximum atomic E-state index is 3.45. The Morgan fingerprint density at radius 3 is 2.30 bits per heavy atom. The molecule has 1 aromatic rings. The zero-order valence-electron chi connectivity index (χ0n) is 13.8. The maximum Gasteiger partial charge on any atom is 0.0230 e. The summed E-state index contributed by atoms with van der Waals surface area (Å²) in [6.45, 7) is 11.2. The fourth-order valence-electron chi connectivity index (χ4n) is 2.38. The maximum absolute atomic E-state index is 3.45. The molecule has 1 atom stereocenters. The second-order valence-corrected chi connectivity index (χ2v) is 6.03. The molecule has 0 aliphatic heterocycles. The Bertz CT molecular complexity index is 345. The van der Waals surface area contributed by atoms with Gasteiger partial charge in [0.2, 0.25) is 0 Å². The highest BCUT2D eigenvalue weighted by Crippen LogP contribution is 2.09. The Morgan fingerprint density at radius 1 is 1.05 bits per heavy atom. The minimum atomic E-state index is 0.781. The molecule has 1 rings (SSSR count). The largest absolute Gasteiger partial charge is 0.316 e. The van der Waals surface area contributed by atoms with Crippen LogP contribution in [0, 0.1) is 5.92 Å². The molecule has 20 heavy (non-hydrogen) atoms. The molecule has 1 unspecified atom stereocenters. The third-order valence-electron chi connectivity index (χ3n) is 3.81. The first-order valence-electron chi connectivity index (χ1n) is 8.12. The van der Waals surface area contributed by atoms with Gasteiger partial charge in [-0.05, 0) is 50.0 Å². The third-order valence-corrected chi connectivity index (χ3v) is 3.81. The normalized spacial score (nSPS) is 12.8. The van der Waals surface area contributed by atoms with Crippen molar-refractivity contribution in [2.45, 2.75) is 46.6 Å². The minimum Gasteiger partial charge on any atom is -0.316 e. The van der Waals surface area contributed by atoms with Crippen molar-refractivity contribution < 1.29 is 0 Å². The summed E-state index contributed by atoms with van der Waals surface area (Å²) in [5.41, 5.74) is 2.85. The molecule has 114 valence electrons. The molecule has 1 N–H and O–H groups in total. The van der Waals surface area contributed by atoms with Crippen molar-refractivity contribution in [3.63, 3.8) is 0 Å². The van der Waals surface area contributed by atoms with E-state index in [1.807, 2.05) is 0 Å². The van der Waals surface area contributed by atoms with Crippen LogP contribution in [0.15, 0.2) is 24.3 Å². The Morgan fingerprint density at radius 2 is 1.70 bits per heavy atom. The highest BCUT2D eigenvalue weighted by atomic mass is 15.1. The van der Waals surface area contributed by atoms with Gasteiger partial charge in [-0.25, -0.2) is 0 Å². The number of nitrogens with zero attached hydrogens (tertiary/aromatic N) is 1. The van der Waals surface area contributed by atoms with Crippen LogP contribution < -0.4 is 5.32 Å². The average molecular weight is 276 g/mol. The molecule has 1 aromatic carbocycles. The zero-order chi connectivity index (χ0) is 14.8. The average Bonchev–Trinajstić information content (AvgIpc) is 2.45. The molecule has 0 radical (unpaired) electrons. The van der Waals surface area contributed by atoms with Crippen LogP contribution >= 0.6 is 0 Å². The van der Waals surface area contributed by atoms with Crippen molar-refractivity contribution >= 4 is 0 Å². The lowest BCUT2D eigenvalue weighted by molar-refractivity contribution is 0.275. The summed E-state index contributed by atoms with van der Waals surface area (Å²) in [6, 6.07) is 9.12. The lowest BCUT2D eigenvalue weighted by Crippen LogP contribution is -2.23. The molecule has 0 saturated carbocycles. The Labute approximate surface area is 125 Å². The number of rotatable bonds is 10. The fourth-order valence-corrected chi connectivity index (χ4v) is 2.38. The van der Waals surface area contributed by atoms with Gasteiger partial charge in [-0.1, -0.05) is 51.5 Å². The predicted octanol–water partition coefficient (Wildman–Crippen LogP) is 3.71. The number of hydrogen-bond acceptors (Lipinski definition) is 2. The van der Waals surface area contributed by atoms with Gasteiger partial charge in [0.05, 0.1) is 0 Å². The van der Waals surface area contributed by atoms with E-state index < -0.39 is 0 Å². The molecule has 2 nitrogen and oxygen atoms in total. The van der Waals surface area contributed by atoms with Gasteiger partial charge in [0.15, 0.2) is 0 Å². The van der Waals surface area contributed by atoms with Crippen molar-refractivity contribution in [3.05, 3.63) is 35.4 Å². The van der Waals surface area contributed by atoms with Gasteiger partial charge < -0.3 is 10.2 Å². The number of benzene rings is 1. The molecule has 0 spiro atoms. The number of nitrogens with one attached hydrogen (secondary N) is 1. The predicted molar refractivity (Wildman–Crippen MR) is 89.1 cm³/mol. The number of hydrogen-bond donors (Lipinski definition) is 1. The van der Waals surface area contributed by atoms with E-state index in [1.165, 1.54) is 30.5 Å². The summed E-state index contributed by atoms with van der Waals surface area (Å²) in [7, 11) is 2.22. The molecule has 0 bridgehead atoms. The van der Waals surface area contributed by atoms with Gasteiger partial charge in [0.25, 0.3) is 0 Å². The highest BCUT2D eigenvalue weighted by molar-refractivity contribution is 5.22. The first kappa shape index (κ1) is 17.2. The van der Waals surface area contributed by atoms with Crippen molar-refractivity contribution in [2.24, 2.45) is 5.92 Å². The first-order valence-corrected chi connectivity index (χ1v) is 8.12. The minimum absolute atomic E-state index is 0.781. The van der Waals surface area contributed by atoms with Crippen LogP contribution in [0.25, 0.3) is 0 Å². The van der Waals surface area contributed by atoms with Crippen LogP contribution in [0.3, 0.4) is 0 Å². The summed E-state index contributed by atoms with van der Waals surface area (Å²) < 4.78 is 0. The summed E-state index contributed by atoms with van der Waals surface area (Å²) in [5, 5.41) is 3.45. The van der Waals surface area contributed by atoms with Crippen LogP contribution in [0.2, 0.25) is 0 Å². The molecule has 0 fully saturated rings. The third kappa shape index (κ3) is 7.06. The fraction of sp³-hybridized carbons (Fsp3) is 0.667. The van der Waals surface area contributed by atoms with E-state index in [1.54, 1.807) is 0 Å². The van der Waals surface area contributed by atoms with Crippen molar-refractivity contribution in [1.29, 1.82) is 0 Å². The second-order valence-electron chi connectivity index (χ2n) is 6.03. The van der Waals surface area contributed by atoms with E-state index in [9.17, 15) is 0 Å². The van der Waals surface area contributed by atoms with Crippen LogP contribution in [0.4, 0.5) is 0 Å². The van der Waals surface area contributed by atoms with Crippen LogP contribution in [0.1, 0.15) is 44.7 Å². The van der Waals surface area contributed by atoms with Gasteiger partial charge in [-0.3, -0.25) is 0 Å². The molecular formula is C18H32N2. The summed E-state index contributed by atoms with van der Waals surface area (Å²) in [4.78, 5) is 2.42. The molecule has 2 heteroatoms. The summed E-state index contributed by atoms with van der Waals surface area (Å²) in [5.74, 6) is 0.781. The summed E-state index contributed by atoms with van der Waals surface area (Å²) >= 11 is 0. The van der Waals surface area contributed by atoms with Gasteiger partial charge in [-0.15, -0.1) is 0 Å². The SMILES string of the molecule is CCCNCCc1ccc(CN(C)CC(C)CC)cc1. The van der Waals surface area contributed by atoms with Gasteiger partial charge in [0, 0.05) is 13.1 Å². The lowest BCUT2D eigenvalue weighted by Gasteiger charge is -2.20. The molecular weight excluding hydrogens is 244 g/mol. The molecule has 0 aliphatic carbocycles. The van der Waals surface area contributed by atoms with E-state index in [0.29, 0.717) is 0 Å². The van der Waals surface area contributed by atoms with Crippen LogP contribution in [0.5, 0.6) is 0 Å². The Hall–Kier alpha value is -0.860. The Kier molecular flexibility index (Phi) is 8.56. The molecule has 0 heterocycles. The quantitative estimate of drug-likeness (QED) is 0.655. The van der Waals surface area contributed by atoms with Crippen molar-refractivity contribution in [1.82, 2.24) is 10.2 Å². The van der Waals surface area contributed by atoms with Crippen LogP contribution in [-0.2, 0) is 13.0 Å². The standard InChI is InChI=1S/C18H32N2/c1-5-12-19-13-11-17-7-9-18(10-8-17)15-20(4)14-16(3)6-2/h7-10,16,19H,5-6,11-15H2,1-4H3. The lowest BCUT2D eigenvalue weighted by atomic mass is 10.1. The first-order chi connectivity index (χ1) is 9.65. The Balaban J connectivity index is 2.34. The second kappa shape index (κ2) is 9.95. The van der Waals surface area contributed by atoms with Gasteiger partial charge >= 0.3 is 0 Å². The van der Waals surface area contributed by atoms with E-state index in [-0.39, 0.29) is 0 Å². The zero-order valence-corrected chi connectivity index (χ0v) is 13.8.